The highest BCUT2D eigenvalue weighted by molar-refractivity contribution is 6.29. The summed E-state index contributed by atoms with van der Waals surface area (Å²) in [5, 5.41) is 9.43. The summed E-state index contributed by atoms with van der Waals surface area (Å²) in [6.45, 7) is 0. The van der Waals surface area contributed by atoms with E-state index in [2.05, 4.69) is 206 Å². The summed E-state index contributed by atoms with van der Waals surface area (Å²) >= 11 is 0. The zero-order valence-corrected chi connectivity index (χ0v) is 33.7. The molecule has 0 radical (unpaired) electrons. The molecule has 0 unspecified atom stereocenters. The Morgan fingerprint density at radius 1 is 0.258 bits per heavy atom. The van der Waals surface area contributed by atoms with E-state index in [4.69, 9.17) is 9.97 Å². The maximum atomic E-state index is 5.73. The lowest BCUT2D eigenvalue weighted by Gasteiger charge is -2.20. The van der Waals surface area contributed by atoms with E-state index in [-0.39, 0.29) is 0 Å². The van der Waals surface area contributed by atoms with Crippen LogP contribution in [-0.2, 0) is 0 Å². The second-order valence-corrected chi connectivity index (χ2v) is 16.3. The van der Waals surface area contributed by atoms with Gasteiger partial charge in [-0.1, -0.05) is 182 Å². The van der Waals surface area contributed by atoms with Crippen molar-refractivity contribution in [2.24, 2.45) is 0 Å². The summed E-state index contributed by atoms with van der Waals surface area (Å²) in [6, 6.07) is 77.1. The van der Waals surface area contributed by atoms with E-state index in [0.717, 1.165) is 66.1 Å². The molecule has 1 aliphatic carbocycles. The van der Waals surface area contributed by atoms with Crippen molar-refractivity contribution in [1.82, 2.24) is 9.97 Å². The van der Waals surface area contributed by atoms with Crippen LogP contribution in [0.4, 0.5) is 0 Å². The molecule has 2 heterocycles. The van der Waals surface area contributed by atoms with Crippen molar-refractivity contribution in [1.29, 1.82) is 0 Å². The van der Waals surface area contributed by atoms with E-state index < -0.39 is 0 Å². The summed E-state index contributed by atoms with van der Waals surface area (Å²) in [5.41, 5.74) is 18.8. The largest absolute Gasteiger partial charge is 0.256 e. The second-order valence-electron chi connectivity index (χ2n) is 16.3. The third-order valence-corrected chi connectivity index (χ3v) is 13.0. The van der Waals surface area contributed by atoms with Gasteiger partial charge in [0.05, 0.1) is 16.7 Å². The van der Waals surface area contributed by atoms with Crippen LogP contribution < -0.4 is 0 Å². The van der Waals surface area contributed by atoms with Crippen LogP contribution in [0.3, 0.4) is 0 Å². The molecule has 0 N–H and O–H groups in total. The topological polar surface area (TPSA) is 25.8 Å². The van der Waals surface area contributed by atoms with Crippen molar-refractivity contribution in [2.45, 2.75) is 0 Å². The first-order valence-electron chi connectivity index (χ1n) is 21.3. The maximum absolute atomic E-state index is 5.73. The maximum Gasteiger partial charge on any atom is 0.0795 e. The van der Waals surface area contributed by atoms with Gasteiger partial charge in [0.2, 0.25) is 0 Å². The fourth-order valence-electron chi connectivity index (χ4n) is 10.4. The van der Waals surface area contributed by atoms with E-state index in [0.29, 0.717) is 0 Å². The van der Waals surface area contributed by atoms with Crippen molar-refractivity contribution in [3.8, 4) is 78.0 Å². The van der Waals surface area contributed by atoms with Crippen molar-refractivity contribution < 1.29 is 0 Å². The predicted molar refractivity (Wildman–Crippen MR) is 261 cm³/mol. The average molecular weight is 785 g/mol. The van der Waals surface area contributed by atoms with Gasteiger partial charge in [0, 0.05) is 33.3 Å². The van der Waals surface area contributed by atoms with E-state index in [1.165, 1.54) is 66.1 Å². The van der Waals surface area contributed by atoms with Crippen molar-refractivity contribution in [3.05, 3.63) is 219 Å². The number of hydrogen-bond acceptors (Lipinski definition) is 2. The number of hydrogen-bond donors (Lipinski definition) is 0. The lowest BCUT2D eigenvalue weighted by Crippen LogP contribution is -1.94. The predicted octanol–water partition coefficient (Wildman–Crippen LogP) is 16.2. The zero-order chi connectivity index (χ0) is 40.7. The fraction of sp³-hybridized carbons (Fsp3) is 0. The normalized spacial score (nSPS) is 11.9. The first kappa shape index (κ1) is 34.6. The smallest absolute Gasteiger partial charge is 0.0795 e. The minimum atomic E-state index is 0.947. The summed E-state index contributed by atoms with van der Waals surface area (Å²) in [7, 11) is 0. The summed E-state index contributed by atoms with van der Waals surface area (Å²) in [6.07, 6.45) is 1.91. The highest BCUT2D eigenvalue weighted by Gasteiger charge is 2.31. The Morgan fingerprint density at radius 2 is 0.726 bits per heavy atom. The molecule has 10 aromatic carbocycles. The monoisotopic (exact) mass is 784 g/mol. The molecule has 0 spiro atoms. The van der Waals surface area contributed by atoms with Crippen molar-refractivity contribution in [3.63, 3.8) is 0 Å². The summed E-state index contributed by atoms with van der Waals surface area (Å²) in [4.78, 5) is 10.8. The Hall–Kier alpha value is -8.20. The number of rotatable bonds is 5. The van der Waals surface area contributed by atoms with Gasteiger partial charge in [0.1, 0.15) is 0 Å². The number of fused-ring (bicyclic) bond motifs is 9. The molecule has 0 atom stereocenters. The zero-order valence-electron chi connectivity index (χ0n) is 33.7. The Kier molecular flexibility index (Phi) is 7.64. The minimum Gasteiger partial charge on any atom is -0.256 e. The molecular formula is C60H36N2. The molecule has 62 heavy (non-hydrogen) atoms. The molecule has 286 valence electrons. The third-order valence-electron chi connectivity index (χ3n) is 13.0. The van der Waals surface area contributed by atoms with Gasteiger partial charge in [0.25, 0.3) is 0 Å². The molecule has 0 saturated heterocycles. The molecule has 0 fully saturated rings. The third kappa shape index (κ3) is 5.11. The quantitative estimate of drug-likeness (QED) is 0.162. The molecule has 1 aliphatic rings. The molecule has 12 aromatic rings. The van der Waals surface area contributed by atoms with Crippen LogP contribution in [0.15, 0.2) is 219 Å². The van der Waals surface area contributed by atoms with E-state index in [1.54, 1.807) is 0 Å². The Labute approximate surface area is 359 Å². The van der Waals surface area contributed by atoms with Crippen LogP contribution in [0.25, 0.3) is 132 Å². The lowest BCUT2D eigenvalue weighted by molar-refractivity contribution is 1.41. The van der Waals surface area contributed by atoms with Gasteiger partial charge in [-0.15, -0.1) is 0 Å². The lowest BCUT2D eigenvalue weighted by atomic mass is 9.82. The molecule has 2 nitrogen and oxygen atoms in total. The van der Waals surface area contributed by atoms with Gasteiger partial charge in [-0.25, -0.2) is 4.98 Å². The van der Waals surface area contributed by atoms with Crippen LogP contribution in [-0.4, -0.2) is 9.97 Å². The Bertz CT molecular complexity index is 3670. The molecule has 2 heteroatoms. The summed E-state index contributed by atoms with van der Waals surface area (Å²) < 4.78 is 0. The molecular weight excluding hydrogens is 749 g/mol. The van der Waals surface area contributed by atoms with Gasteiger partial charge in [0.15, 0.2) is 0 Å². The van der Waals surface area contributed by atoms with Crippen molar-refractivity contribution in [2.75, 3.05) is 0 Å². The van der Waals surface area contributed by atoms with Gasteiger partial charge >= 0.3 is 0 Å². The van der Waals surface area contributed by atoms with Crippen LogP contribution in [0.2, 0.25) is 0 Å². The highest BCUT2D eigenvalue weighted by atomic mass is 14.7. The molecule has 2 aromatic heterocycles. The molecule has 0 amide bonds. The van der Waals surface area contributed by atoms with Gasteiger partial charge in [-0.2, -0.15) is 0 Å². The van der Waals surface area contributed by atoms with Crippen LogP contribution in [0.1, 0.15) is 0 Å². The average Bonchev–Trinajstić information content (AvgIpc) is 3.68. The number of benzene rings is 10. The standard InChI is InChI=1S/C60H36N2/c1-5-17-37(18-6-1)49-36-52-51(59-45(49)29-16-34-61-59)35-50(38-19-7-2-8-20-38)46-32-33-53(62-60(46)52)41-30-31-48-56-42(41)27-15-28-47(56)57-54(39-21-9-3-10-22-39)43-25-13-14-26-44(43)55(58(48)57)40-23-11-4-12-24-40/h1-36H. The highest BCUT2D eigenvalue weighted by Crippen LogP contribution is 2.58. The summed E-state index contributed by atoms with van der Waals surface area (Å²) in [5.74, 6) is 0. The van der Waals surface area contributed by atoms with E-state index in [9.17, 15) is 0 Å². The Balaban J connectivity index is 1.12. The molecule has 0 saturated carbocycles. The van der Waals surface area contributed by atoms with Crippen LogP contribution in [0.5, 0.6) is 0 Å². The minimum absolute atomic E-state index is 0.947. The second kappa shape index (κ2) is 13.7. The van der Waals surface area contributed by atoms with E-state index >= 15 is 0 Å². The SMILES string of the molecule is c1ccc(-c2c3c(c(-c4ccccc4)c4ccccc24)-c2ccc(-c4ccc5c(-c6ccccc6)cc6c(cc(-c7ccccc7)c7cccnc76)c5n4)c4cccc-3c24)cc1. The first-order valence-corrected chi connectivity index (χ1v) is 21.3. The molecule has 13 rings (SSSR count). The van der Waals surface area contributed by atoms with E-state index in [1.807, 2.05) is 12.3 Å². The number of pyridine rings is 2. The van der Waals surface area contributed by atoms with Crippen molar-refractivity contribution >= 4 is 54.1 Å². The van der Waals surface area contributed by atoms with Gasteiger partial charge in [-0.05, 0) is 119 Å². The Morgan fingerprint density at radius 3 is 1.32 bits per heavy atom. The van der Waals surface area contributed by atoms with Gasteiger partial charge < -0.3 is 0 Å². The van der Waals surface area contributed by atoms with Gasteiger partial charge in [-0.3, -0.25) is 4.98 Å². The number of aromatic nitrogens is 2. The van der Waals surface area contributed by atoms with Crippen LogP contribution >= 0.6 is 0 Å². The first-order chi connectivity index (χ1) is 30.8. The molecule has 0 bridgehead atoms. The number of nitrogens with zero attached hydrogens (tertiary/aromatic N) is 2. The van der Waals surface area contributed by atoms with Crippen LogP contribution in [0, 0.1) is 0 Å². The fourth-order valence-corrected chi connectivity index (χ4v) is 10.4. The molecule has 0 aliphatic heterocycles.